The number of benzene rings is 1. The van der Waals surface area contributed by atoms with Crippen molar-refractivity contribution in [1.82, 2.24) is 4.90 Å². The van der Waals surface area contributed by atoms with Gasteiger partial charge in [0.15, 0.2) is 0 Å². The van der Waals surface area contributed by atoms with E-state index >= 15 is 0 Å². The Morgan fingerprint density at radius 2 is 1.91 bits per heavy atom. The van der Waals surface area contributed by atoms with Crippen LogP contribution in [0.25, 0.3) is 0 Å². The molecule has 1 aromatic carbocycles. The second-order valence-electron chi connectivity index (χ2n) is 7.19. The van der Waals surface area contributed by atoms with Crippen LogP contribution in [0.3, 0.4) is 0 Å². The lowest BCUT2D eigenvalue weighted by Crippen LogP contribution is -2.57. The Bertz CT molecular complexity index is 519. The molecule has 0 saturated carbocycles. The van der Waals surface area contributed by atoms with E-state index in [-0.39, 0.29) is 6.09 Å². The van der Waals surface area contributed by atoms with E-state index in [1.54, 1.807) is 0 Å². The topological polar surface area (TPSA) is 55.6 Å². The summed E-state index contributed by atoms with van der Waals surface area (Å²) in [5.74, 6) is 0. The van der Waals surface area contributed by atoms with Gasteiger partial charge >= 0.3 is 6.09 Å². The predicted octanol–water partition coefficient (Wildman–Crippen LogP) is 3.57. The minimum atomic E-state index is -0.498. The minimum Gasteiger partial charge on any atom is -0.444 e. The molecule has 1 aliphatic heterocycles. The zero-order chi connectivity index (χ0) is 16.4. The Labute approximate surface area is 133 Å². The third kappa shape index (κ3) is 3.43. The Kier molecular flexibility index (Phi) is 4.81. The lowest BCUT2D eigenvalue weighted by molar-refractivity contribution is -0.0153. The number of amides is 1. The lowest BCUT2D eigenvalue weighted by Gasteiger charge is -2.47. The second-order valence-corrected chi connectivity index (χ2v) is 7.19. The third-order valence-electron chi connectivity index (χ3n) is 4.28. The normalized spacial score (nSPS) is 22.5. The zero-order valence-corrected chi connectivity index (χ0v) is 14.2. The molecule has 22 heavy (non-hydrogen) atoms. The van der Waals surface area contributed by atoms with Crippen LogP contribution < -0.4 is 5.73 Å². The smallest absolute Gasteiger partial charge is 0.411 e. The molecule has 1 fully saturated rings. The standard InChI is InChI=1S/C18H28N2O2/c1-14-7-9-15(10-8-14)18(13-19)11-5-6-12-20(18)16(21)22-17(2,3)4/h7-10H,5-6,11-13,19H2,1-4H3. The fourth-order valence-corrected chi connectivity index (χ4v) is 3.11. The van der Waals surface area contributed by atoms with Gasteiger partial charge in [0, 0.05) is 13.1 Å². The second kappa shape index (κ2) is 6.29. The molecule has 0 bridgehead atoms. The largest absolute Gasteiger partial charge is 0.444 e. The van der Waals surface area contributed by atoms with Gasteiger partial charge in [-0.1, -0.05) is 29.8 Å². The maximum absolute atomic E-state index is 12.7. The van der Waals surface area contributed by atoms with Crippen molar-refractivity contribution >= 4 is 6.09 Å². The maximum atomic E-state index is 12.7. The van der Waals surface area contributed by atoms with Crippen LogP contribution in [0.1, 0.15) is 51.2 Å². The number of likely N-dealkylation sites (tertiary alicyclic amines) is 1. The molecular weight excluding hydrogens is 276 g/mol. The molecule has 2 rings (SSSR count). The molecule has 0 spiro atoms. The number of aryl methyl sites for hydroxylation is 1. The number of nitrogens with zero attached hydrogens (tertiary/aromatic N) is 1. The summed E-state index contributed by atoms with van der Waals surface area (Å²) in [5, 5.41) is 0. The number of hydrogen-bond acceptors (Lipinski definition) is 3. The van der Waals surface area contributed by atoms with E-state index in [2.05, 4.69) is 31.2 Å². The van der Waals surface area contributed by atoms with Gasteiger partial charge in [0.1, 0.15) is 5.60 Å². The number of nitrogens with two attached hydrogens (primary N) is 1. The summed E-state index contributed by atoms with van der Waals surface area (Å²) in [5.41, 5.74) is 7.51. The van der Waals surface area contributed by atoms with E-state index in [0.29, 0.717) is 13.1 Å². The summed E-state index contributed by atoms with van der Waals surface area (Å²) in [6.07, 6.45) is 2.68. The van der Waals surface area contributed by atoms with Crippen LogP contribution in [-0.2, 0) is 10.3 Å². The first-order valence-corrected chi connectivity index (χ1v) is 8.06. The fraction of sp³-hybridized carbons (Fsp3) is 0.611. The summed E-state index contributed by atoms with van der Waals surface area (Å²) in [6.45, 7) is 8.85. The minimum absolute atomic E-state index is 0.266. The van der Waals surface area contributed by atoms with Gasteiger partial charge in [-0.3, -0.25) is 4.90 Å². The van der Waals surface area contributed by atoms with Crippen molar-refractivity contribution < 1.29 is 9.53 Å². The van der Waals surface area contributed by atoms with Gasteiger partial charge in [-0.2, -0.15) is 0 Å². The van der Waals surface area contributed by atoms with E-state index < -0.39 is 11.1 Å². The van der Waals surface area contributed by atoms with Crippen LogP contribution >= 0.6 is 0 Å². The molecule has 0 aromatic heterocycles. The van der Waals surface area contributed by atoms with Crippen molar-refractivity contribution in [1.29, 1.82) is 0 Å². The molecule has 2 N–H and O–H groups in total. The van der Waals surface area contributed by atoms with E-state index in [1.807, 2.05) is 25.7 Å². The molecule has 1 atom stereocenters. The monoisotopic (exact) mass is 304 g/mol. The van der Waals surface area contributed by atoms with Crippen LogP contribution in [0.15, 0.2) is 24.3 Å². The highest BCUT2D eigenvalue weighted by atomic mass is 16.6. The SMILES string of the molecule is Cc1ccc(C2(CN)CCCCN2C(=O)OC(C)(C)C)cc1. The van der Waals surface area contributed by atoms with Gasteiger partial charge in [-0.15, -0.1) is 0 Å². The molecule has 4 nitrogen and oxygen atoms in total. The van der Waals surface area contributed by atoms with Crippen LogP contribution in [0.4, 0.5) is 4.79 Å². The first-order valence-electron chi connectivity index (χ1n) is 8.06. The van der Waals surface area contributed by atoms with Gasteiger partial charge in [0.25, 0.3) is 0 Å². The number of ether oxygens (including phenoxy) is 1. The Morgan fingerprint density at radius 3 is 2.45 bits per heavy atom. The Morgan fingerprint density at radius 1 is 1.27 bits per heavy atom. The van der Waals surface area contributed by atoms with Crippen LogP contribution in [0.2, 0.25) is 0 Å². The average molecular weight is 304 g/mol. The molecule has 0 aliphatic carbocycles. The number of carbonyl (C=O) groups excluding carboxylic acids is 1. The highest BCUT2D eigenvalue weighted by Gasteiger charge is 2.43. The Balaban J connectivity index is 2.36. The summed E-state index contributed by atoms with van der Waals surface area (Å²) in [6, 6.07) is 8.33. The molecule has 1 heterocycles. The van der Waals surface area contributed by atoms with Gasteiger partial charge in [-0.25, -0.2) is 4.79 Å². The zero-order valence-electron chi connectivity index (χ0n) is 14.2. The Hall–Kier alpha value is -1.55. The van der Waals surface area contributed by atoms with Gasteiger partial charge in [0.2, 0.25) is 0 Å². The highest BCUT2D eigenvalue weighted by Crippen LogP contribution is 2.38. The summed E-state index contributed by atoms with van der Waals surface area (Å²) in [7, 11) is 0. The molecule has 122 valence electrons. The van der Waals surface area contributed by atoms with Crippen LogP contribution in [-0.4, -0.2) is 29.7 Å². The van der Waals surface area contributed by atoms with Crippen molar-refractivity contribution in [3.63, 3.8) is 0 Å². The number of carbonyl (C=O) groups is 1. The summed E-state index contributed by atoms with van der Waals surface area (Å²) < 4.78 is 5.61. The number of hydrogen-bond donors (Lipinski definition) is 1. The molecule has 1 amide bonds. The fourth-order valence-electron chi connectivity index (χ4n) is 3.11. The molecule has 1 aromatic rings. The quantitative estimate of drug-likeness (QED) is 0.908. The summed E-state index contributed by atoms with van der Waals surface area (Å²) >= 11 is 0. The molecule has 0 radical (unpaired) electrons. The molecule has 1 saturated heterocycles. The summed E-state index contributed by atoms with van der Waals surface area (Å²) in [4.78, 5) is 14.5. The van der Waals surface area contributed by atoms with Gasteiger partial charge < -0.3 is 10.5 Å². The third-order valence-corrected chi connectivity index (χ3v) is 4.28. The van der Waals surface area contributed by atoms with Crippen molar-refractivity contribution in [2.45, 2.75) is 58.1 Å². The van der Waals surface area contributed by atoms with E-state index in [1.165, 1.54) is 5.56 Å². The molecular formula is C18H28N2O2. The van der Waals surface area contributed by atoms with E-state index in [0.717, 1.165) is 24.8 Å². The highest BCUT2D eigenvalue weighted by molar-refractivity contribution is 5.70. The predicted molar refractivity (Wildman–Crippen MR) is 88.7 cm³/mol. The molecule has 4 heteroatoms. The van der Waals surface area contributed by atoms with Crippen molar-refractivity contribution in [3.05, 3.63) is 35.4 Å². The first kappa shape index (κ1) is 16.8. The lowest BCUT2D eigenvalue weighted by atomic mass is 9.80. The van der Waals surface area contributed by atoms with E-state index in [9.17, 15) is 4.79 Å². The molecule has 1 aliphatic rings. The number of rotatable bonds is 2. The molecule has 1 unspecified atom stereocenters. The van der Waals surface area contributed by atoms with Gasteiger partial charge in [0.05, 0.1) is 5.54 Å². The van der Waals surface area contributed by atoms with Crippen LogP contribution in [0.5, 0.6) is 0 Å². The average Bonchev–Trinajstić information content (AvgIpc) is 2.46. The van der Waals surface area contributed by atoms with Crippen molar-refractivity contribution in [2.75, 3.05) is 13.1 Å². The number of piperidine rings is 1. The first-order chi connectivity index (χ1) is 10.3. The van der Waals surface area contributed by atoms with E-state index in [4.69, 9.17) is 10.5 Å². The van der Waals surface area contributed by atoms with Crippen molar-refractivity contribution in [3.8, 4) is 0 Å². The maximum Gasteiger partial charge on any atom is 0.411 e. The van der Waals surface area contributed by atoms with Gasteiger partial charge in [-0.05, 0) is 52.5 Å². The van der Waals surface area contributed by atoms with Crippen LogP contribution in [0, 0.1) is 6.92 Å². The van der Waals surface area contributed by atoms with Crippen molar-refractivity contribution in [2.24, 2.45) is 5.73 Å².